The quantitative estimate of drug-likeness (QED) is 0.650. The molecule has 4 heteroatoms. The summed E-state index contributed by atoms with van der Waals surface area (Å²) >= 11 is 0. The lowest BCUT2D eigenvalue weighted by atomic mass is 10.1. The van der Waals surface area contributed by atoms with Crippen molar-refractivity contribution in [2.45, 2.75) is 0 Å². The van der Waals surface area contributed by atoms with Crippen molar-refractivity contribution in [1.82, 2.24) is 5.16 Å². The first-order chi connectivity index (χ1) is 8.27. The summed E-state index contributed by atoms with van der Waals surface area (Å²) in [4.78, 5) is 0. The van der Waals surface area contributed by atoms with Gasteiger partial charge in [-0.1, -0.05) is 23.4 Å². The van der Waals surface area contributed by atoms with E-state index in [4.69, 9.17) is 10.3 Å². The normalized spacial score (nSPS) is 10.9. The van der Waals surface area contributed by atoms with Gasteiger partial charge in [-0.25, -0.2) is 4.39 Å². The number of para-hydroxylation sites is 1. The number of rotatable bonds is 1. The van der Waals surface area contributed by atoms with Crippen molar-refractivity contribution in [3.63, 3.8) is 0 Å². The molecule has 0 atom stereocenters. The summed E-state index contributed by atoms with van der Waals surface area (Å²) < 4.78 is 18.8. The Bertz CT molecular complexity index is 691. The predicted molar refractivity (Wildman–Crippen MR) is 63.8 cm³/mol. The average molecular weight is 228 g/mol. The molecular weight excluding hydrogens is 219 g/mol. The molecule has 1 aromatic heterocycles. The second-order valence-corrected chi connectivity index (χ2v) is 3.73. The Hall–Kier alpha value is -2.36. The molecule has 1 heterocycles. The van der Waals surface area contributed by atoms with Gasteiger partial charge in [-0.3, -0.25) is 0 Å². The number of fused-ring (bicyclic) bond motifs is 1. The van der Waals surface area contributed by atoms with E-state index < -0.39 is 0 Å². The van der Waals surface area contributed by atoms with Gasteiger partial charge < -0.3 is 10.3 Å². The molecule has 3 rings (SSSR count). The fourth-order valence-corrected chi connectivity index (χ4v) is 1.83. The number of anilines is 1. The summed E-state index contributed by atoms with van der Waals surface area (Å²) in [7, 11) is 0. The van der Waals surface area contributed by atoms with Gasteiger partial charge in [-0.05, 0) is 24.3 Å². The van der Waals surface area contributed by atoms with Crippen molar-refractivity contribution >= 4 is 16.7 Å². The van der Waals surface area contributed by atoms with Crippen LogP contribution in [-0.4, -0.2) is 5.16 Å². The molecule has 0 radical (unpaired) electrons. The summed E-state index contributed by atoms with van der Waals surface area (Å²) in [6, 6.07) is 11.8. The van der Waals surface area contributed by atoms with Crippen LogP contribution in [0.1, 0.15) is 0 Å². The highest BCUT2D eigenvalue weighted by Crippen LogP contribution is 2.31. The summed E-state index contributed by atoms with van der Waals surface area (Å²) in [6.07, 6.45) is 0. The third-order valence-electron chi connectivity index (χ3n) is 2.66. The number of benzene rings is 2. The zero-order valence-electron chi connectivity index (χ0n) is 8.85. The summed E-state index contributed by atoms with van der Waals surface area (Å²) in [5.74, 6) is -0.329. The minimum absolute atomic E-state index is 0.329. The van der Waals surface area contributed by atoms with Crippen LogP contribution >= 0.6 is 0 Å². The first-order valence-electron chi connectivity index (χ1n) is 5.16. The molecule has 0 bridgehead atoms. The molecule has 84 valence electrons. The molecule has 0 amide bonds. The number of hydrogen-bond acceptors (Lipinski definition) is 3. The lowest BCUT2D eigenvalue weighted by Gasteiger charge is -1.98. The van der Waals surface area contributed by atoms with Gasteiger partial charge in [0.15, 0.2) is 5.58 Å². The van der Waals surface area contributed by atoms with Gasteiger partial charge in [0.2, 0.25) is 0 Å². The van der Waals surface area contributed by atoms with Crippen LogP contribution in [0, 0.1) is 5.82 Å². The predicted octanol–water partition coefficient (Wildman–Crippen LogP) is 3.22. The van der Waals surface area contributed by atoms with E-state index in [1.54, 1.807) is 30.3 Å². The van der Waals surface area contributed by atoms with Crippen molar-refractivity contribution < 1.29 is 8.91 Å². The fourth-order valence-electron chi connectivity index (χ4n) is 1.83. The first kappa shape index (κ1) is 9.84. The lowest BCUT2D eigenvalue weighted by molar-refractivity contribution is 0.459. The maximum atomic E-state index is 13.7. The third kappa shape index (κ3) is 1.45. The van der Waals surface area contributed by atoms with E-state index in [9.17, 15) is 4.39 Å². The Labute approximate surface area is 96.6 Å². The van der Waals surface area contributed by atoms with Crippen LogP contribution in [0.25, 0.3) is 22.2 Å². The van der Waals surface area contributed by atoms with Crippen molar-refractivity contribution in [1.29, 1.82) is 0 Å². The minimum Gasteiger partial charge on any atom is -0.396 e. The van der Waals surface area contributed by atoms with Gasteiger partial charge >= 0.3 is 0 Å². The maximum absolute atomic E-state index is 13.7. The van der Waals surface area contributed by atoms with E-state index in [-0.39, 0.29) is 5.82 Å². The first-order valence-corrected chi connectivity index (χ1v) is 5.16. The smallest absolute Gasteiger partial charge is 0.190 e. The second kappa shape index (κ2) is 3.59. The van der Waals surface area contributed by atoms with Crippen molar-refractivity contribution in [3.05, 3.63) is 48.3 Å². The van der Waals surface area contributed by atoms with Gasteiger partial charge in [0.05, 0.1) is 11.1 Å². The van der Waals surface area contributed by atoms with E-state index in [1.807, 2.05) is 6.07 Å². The molecule has 0 spiro atoms. The Balaban J connectivity index is 2.33. The summed E-state index contributed by atoms with van der Waals surface area (Å²) in [5, 5.41) is 4.61. The SMILES string of the molecule is Nc1cccc2c(-c3ccccc3F)noc12. The van der Waals surface area contributed by atoms with E-state index in [0.717, 1.165) is 5.39 Å². The molecule has 0 aliphatic rings. The highest BCUT2D eigenvalue weighted by atomic mass is 19.1. The van der Waals surface area contributed by atoms with Crippen LogP contribution in [0.5, 0.6) is 0 Å². The van der Waals surface area contributed by atoms with Crippen LogP contribution in [0.2, 0.25) is 0 Å². The fraction of sp³-hybridized carbons (Fsp3) is 0. The van der Waals surface area contributed by atoms with Crippen LogP contribution in [0.4, 0.5) is 10.1 Å². The lowest BCUT2D eigenvalue weighted by Crippen LogP contribution is -1.85. The number of halogens is 1. The van der Waals surface area contributed by atoms with Crippen LogP contribution < -0.4 is 5.73 Å². The average Bonchev–Trinajstić information content (AvgIpc) is 2.75. The molecule has 3 nitrogen and oxygen atoms in total. The molecule has 17 heavy (non-hydrogen) atoms. The Kier molecular flexibility index (Phi) is 2.08. The summed E-state index contributed by atoms with van der Waals surface area (Å²) in [6.45, 7) is 0. The van der Waals surface area contributed by atoms with Crippen molar-refractivity contribution in [2.24, 2.45) is 0 Å². The zero-order valence-corrected chi connectivity index (χ0v) is 8.85. The zero-order chi connectivity index (χ0) is 11.8. The number of aromatic nitrogens is 1. The largest absolute Gasteiger partial charge is 0.396 e. The number of nitrogen functional groups attached to an aromatic ring is 1. The molecule has 0 unspecified atom stereocenters. The Morgan fingerprint density at radius 2 is 1.88 bits per heavy atom. The number of nitrogens with two attached hydrogens (primary N) is 1. The van der Waals surface area contributed by atoms with Gasteiger partial charge in [-0.2, -0.15) is 0 Å². The molecule has 0 saturated carbocycles. The van der Waals surface area contributed by atoms with E-state index in [2.05, 4.69) is 5.16 Å². The van der Waals surface area contributed by atoms with Crippen LogP contribution in [0.3, 0.4) is 0 Å². The van der Waals surface area contributed by atoms with Gasteiger partial charge in [-0.15, -0.1) is 0 Å². The molecule has 3 aromatic rings. The number of hydrogen-bond donors (Lipinski definition) is 1. The van der Waals surface area contributed by atoms with E-state index in [1.165, 1.54) is 6.07 Å². The molecule has 0 fully saturated rings. The molecule has 2 aromatic carbocycles. The minimum atomic E-state index is -0.329. The molecular formula is C13H9FN2O. The molecule has 0 aliphatic carbocycles. The van der Waals surface area contributed by atoms with Crippen molar-refractivity contribution in [2.75, 3.05) is 5.73 Å². The van der Waals surface area contributed by atoms with E-state index in [0.29, 0.717) is 22.5 Å². The van der Waals surface area contributed by atoms with Crippen molar-refractivity contribution in [3.8, 4) is 11.3 Å². The molecule has 2 N–H and O–H groups in total. The number of nitrogens with zero attached hydrogens (tertiary/aromatic N) is 1. The van der Waals surface area contributed by atoms with Gasteiger partial charge in [0, 0.05) is 5.56 Å². The molecule has 0 saturated heterocycles. The van der Waals surface area contributed by atoms with Crippen LogP contribution in [-0.2, 0) is 0 Å². The van der Waals surface area contributed by atoms with Gasteiger partial charge in [0.25, 0.3) is 0 Å². The highest BCUT2D eigenvalue weighted by Gasteiger charge is 2.14. The molecule has 0 aliphatic heterocycles. The second-order valence-electron chi connectivity index (χ2n) is 3.73. The maximum Gasteiger partial charge on any atom is 0.190 e. The highest BCUT2D eigenvalue weighted by molar-refractivity contribution is 5.97. The van der Waals surface area contributed by atoms with Crippen LogP contribution in [0.15, 0.2) is 47.0 Å². The third-order valence-corrected chi connectivity index (χ3v) is 2.66. The monoisotopic (exact) mass is 228 g/mol. The van der Waals surface area contributed by atoms with E-state index >= 15 is 0 Å². The topological polar surface area (TPSA) is 52.0 Å². The Morgan fingerprint density at radius 1 is 1.06 bits per heavy atom. The van der Waals surface area contributed by atoms with Gasteiger partial charge in [0.1, 0.15) is 11.5 Å². The Morgan fingerprint density at radius 3 is 2.71 bits per heavy atom. The summed E-state index contributed by atoms with van der Waals surface area (Å²) in [5.41, 5.74) is 7.64. The standard InChI is InChI=1S/C13H9FN2O/c14-10-6-2-1-4-8(10)12-9-5-3-7-11(15)13(9)17-16-12/h1-7H,15H2.